The van der Waals surface area contributed by atoms with Crippen LogP contribution in [0.15, 0.2) is 6.20 Å². The van der Waals surface area contributed by atoms with Gasteiger partial charge in [-0.05, 0) is 20.9 Å². The molecule has 0 spiro atoms. The number of hydrogen-bond acceptors (Lipinski definition) is 3. The predicted molar refractivity (Wildman–Crippen MR) is 60.8 cm³/mol. The zero-order valence-electron chi connectivity index (χ0n) is 9.66. The van der Waals surface area contributed by atoms with Gasteiger partial charge in [-0.2, -0.15) is 0 Å². The second-order valence-corrected chi connectivity index (χ2v) is 4.93. The van der Waals surface area contributed by atoms with E-state index in [0.717, 1.165) is 5.82 Å². The van der Waals surface area contributed by atoms with Crippen molar-refractivity contribution in [2.24, 2.45) is 7.05 Å². The molecule has 0 aromatic carbocycles. The minimum absolute atomic E-state index is 0.595. The van der Waals surface area contributed by atoms with Crippen LogP contribution >= 0.6 is 11.6 Å². The summed E-state index contributed by atoms with van der Waals surface area (Å²) in [5.41, 5.74) is -0.691. The molecule has 1 heterocycles. The van der Waals surface area contributed by atoms with Gasteiger partial charge in [-0.15, -0.1) is 0 Å². The van der Waals surface area contributed by atoms with Crippen LogP contribution in [-0.4, -0.2) is 38.8 Å². The number of nitrogens with zero attached hydrogens (tertiary/aromatic N) is 3. The lowest BCUT2D eigenvalue weighted by Gasteiger charge is -2.25. The molecule has 0 fully saturated rings. The molecule has 0 unspecified atom stereocenters. The maximum atomic E-state index is 9.65. The van der Waals surface area contributed by atoms with E-state index in [1.54, 1.807) is 20.0 Å². The molecule has 0 aliphatic heterocycles. The average molecular weight is 232 g/mol. The van der Waals surface area contributed by atoms with Crippen LogP contribution in [0.3, 0.4) is 0 Å². The summed E-state index contributed by atoms with van der Waals surface area (Å²) in [6, 6.07) is 0. The van der Waals surface area contributed by atoms with Crippen molar-refractivity contribution in [3.05, 3.63) is 17.2 Å². The summed E-state index contributed by atoms with van der Waals surface area (Å²) < 4.78 is 1.84. The Balaban J connectivity index is 2.59. The molecule has 5 heteroatoms. The summed E-state index contributed by atoms with van der Waals surface area (Å²) in [6.07, 6.45) is 1.63. The number of rotatable bonds is 4. The van der Waals surface area contributed by atoms with Crippen molar-refractivity contribution in [1.29, 1.82) is 0 Å². The number of aromatic nitrogens is 2. The fourth-order valence-electron chi connectivity index (χ4n) is 1.53. The van der Waals surface area contributed by atoms with Gasteiger partial charge in [0.25, 0.3) is 0 Å². The highest BCUT2D eigenvalue weighted by molar-refractivity contribution is 6.29. The first-order chi connectivity index (χ1) is 6.79. The Morgan fingerprint density at radius 3 is 2.60 bits per heavy atom. The number of halogens is 1. The van der Waals surface area contributed by atoms with Gasteiger partial charge >= 0.3 is 0 Å². The van der Waals surface area contributed by atoms with Crippen molar-refractivity contribution >= 4 is 11.6 Å². The lowest BCUT2D eigenvalue weighted by molar-refractivity contribution is 0.0416. The van der Waals surface area contributed by atoms with Gasteiger partial charge in [0, 0.05) is 13.6 Å². The van der Waals surface area contributed by atoms with E-state index >= 15 is 0 Å². The van der Waals surface area contributed by atoms with Crippen molar-refractivity contribution in [2.45, 2.75) is 26.0 Å². The molecule has 0 amide bonds. The molecule has 1 aromatic rings. The minimum Gasteiger partial charge on any atom is -0.389 e. The van der Waals surface area contributed by atoms with Gasteiger partial charge in [0.15, 0.2) is 0 Å². The first-order valence-electron chi connectivity index (χ1n) is 4.86. The number of imidazole rings is 1. The Morgan fingerprint density at radius 2 is 2.20 bits per heavy atom. The highest BCUT2D eigenvalue weighted by atomic mass is 35.5. The van der Waals surface area contributed by atoms with Crippen molar-refractivity contribution in [2.75, 3.05) is 13.6 Å². The summed E-state index contributed by atoms with van der Waals surface area (Å²) in [6.45, 7) is 4.84. The van der Waals surface area contributed by atoms with E-state index in [-0.39, 0.29) is 0 Å². The third kappa shape index (κ3) is 3.81. The predicted octanol–water partition coefficient (Wildman–Crippen LogP) is 1.28. The van der Waals surface area contributed by atoms with Gasteiger partial charge in [0.2, 0.25) is 0 Å². The normalized spacial score (nSPS) is 12.5. The van der Waals surface area contributed by atoms with E-state index in [9.17, 15) is 5.11 Å². The van der Waals surface area contributed by atoms with Gasteiger partial charge in [0.1, 0.15) is 11.0 Å². The first-order valence-corrected chi connectivity index (χ1v) is 5.24. The number of aliphatic hydroxyl groups is 1. The summed E-state index contributed by atoms with van der Waals surface area (Å²) in [4.78, 5) is 6.21. The SMILES string of the molecule is CN(Cc1ncc(Cl)n1C)CC(C)(C)O. The Morgan fingerprint density at radius 1 is 1.60 bits per heavy atom. The molecule has 0 aliphatic rings. The Labute approximate surface area is 95.5 Å². The van der Waals surface area contributed by atoms with Crippen LogP contribution in [0.2, 0.25) is 5.15 Å². The topological polar surface area (TPSA) is 41.3 Å². The smallest absolute Gasteiger partial charge is 0.128 e. The molecule has 1 N–H and O–H groups in total. The molecule has 0 atom stereocenters. The number of likely N-dealkylation sites (N-methyl/N-ethyl adjacent to an activating group) is 1. The van der Waals surface area contributed by atoms with Crippen molar-refractivity contribution in [1.82, 2.24) is 14.5 Å². The largest absolute Gasteiger partial charge is 0.389 e. The highest BCUT2D eigenvalue weighted by Crippen LogP contribution is 2.11. The molecule has 0 saturated carbocycles. The van der Waals surface area contributed by atoms with Gasteiger partial charge in [-0.25, -0.2) is 4.98 Å². The molecule has 86 valence electrons. The van der Waals surface area contributed by atoms with Gasteiger partial charge < -0.3 is 9.67 Å². The molecule has 0 saturated heterocycles. The van der Waals surface area contributed by atoms with E-state index in [0.29, 0.717) is 18.2 Å². The molecular formula is C10H18ClN3O. The van der Waals surface area contributed by atoms with Crippen LogP contribution in [0.5, 0.6) is 0 Å². The Kier molecular flexibility index (Phi) is 3.76. The van der Waals surface area contributed by atoms with Crippen LogP contribution in [0, 0.1) is 0 Å². The van der Waals surface area contributed by atoms with Crippen molar-refractivity contribution < 1.29 is 5.11 Å². The monoisotopic (exact) mass is 231 g/mol. The molecule has 1 aromatic heterocycles. The third-order valence-corrected chi connectivity index (χ3v) is 2.45. The van der Waals surface area contributed by atoms with Gasteiger partial charge in [0.05, 0.1) is 18.3 Å². The molecule has 0 aliphatic carbocycles. The molecule has 1 rings (SSSR count). The van der Waals surface area contributed by atoms with Crippen LogP contribution in [-0.2, 0) is 13.6 Å². The van der Waals surface area contributed by atoms with Crippen LogP contribution in [0.4, 0.5) is 0 Å². The summed E-state index contributed by atoms with van der Waals surface area (Å²) in [5, 5.41) is 10.3. The Hall–Kier alpha value is -0.580. The summed E-state index contributed by atoms with van der Waals surface area (Å²) in [5.74, 6) is 0.895. The quantitative estimate of drug-likeness (QED) is 0.849. The molecule has 0 bridgehead atoms. The molecule has 15 heavy (non-hydrogen) atoms. The zero-order chi connectivity index (χ0) is 11.6. The van der Waals surface area contributed by atoms with Crippen molar-refractivity contribution in [3.8, 4) is 0 Å². The highest BCUT2D eigenvalue weighted by Gasteiger charge is 2.17. The van der Waals surface area contributed by atoms with E-state index in [1.165, 1.54) is 0 Å². The fourth-order valence-corrected chi connectivity index (χ4v) is 1.68. The van der Waals surface area contributed by atoms with Crippen LogP contribution in [0.1, 0.15) is 19.7 Å². The average Bonchev–Trinajstić information content (AvgIpc) is 2.32. The van der Waals surface area contributed by atoms with Crippen LogP contribution in [0.25, 0.3) is 0 Å². The van der Waals surface area contributed by atoms with E-state index in [2.05, 4.69) is 4.98 Å². The molecule has 0 radical (unpaired) electrons. The van der Waals surface area contributed by atoms with E-state index in [1.807, 2.05) is 23.6 Å². The maximum Gasteiger partial charge on any atom is 0.128 e. The molecule has 4 nitrogen and oxygen atoms in total. The lowest BCUT2D eigenvalue weighted by Crippen LogP contribution is -2.36. The van der Waals surface area contributed by atoms with E-state index in [4.69, 9.17) is 11.6 Å². The standard InChI is InChI=1S/C10H18ClN3O/c1-10(2,15)7-13(3)6-9-12-5-8(11)14(9)4/h5,15H,6-7H2,1-4H3. The summed E-state index contributed by atoms with van der Waals surface area (Å²) >= 11 is 5.88. The van der Waals surface area contributed by atoms with Crippen molar-refractivity contribution in [3.63, 3.8) is 0 Å². The van der Waals surface area contributed by atoms with Gasteiger partial charge in [-0.1, -0.05) is 11.6 Å². The first kappa shape index (κ1) is 12.5. The van der Waals surface area contributed by atoms with Crippen LogP contribution < -0.4 is 0 Å². The lowest BCUT2D eigenvalue weighted by atomic mass is 10.1. The van der Waals surface area contributed by atoms with E-state index < -0.39 is 5.60 Å². The third-order valence-electron chi connectivity index (χ3n) is 2.10. The maximum absolute atomic E-state index is 9.65. The van der Waals surface area contributed by atoms with Gasteiger partial charge in [-0.3, -0.25) is 4.90 Å². The fraction of sp³-hybridized carbons (Fsp3) is 0.700. The second kappa shape index (κ2) is 4.51. The Bertz CT molecular complexity index is 330. The second-order valence-electron chi connectivity index (χ2n) is 4.54. The molecular weight excluding hydrogens is 214 g/mol. The number of hydrogen-bond donors (Lipinski definition) is 1. The summed E-state index contributed by atoms with van der Waals surface area (Å²) in [7, 11) is 3.82. The minimum atomic E-state index is -0.691. The zero-order valence-corrected chi connectivity index (χ0v) is 10.4.